The van der Waals surface area contributed by atoms with Crippen LogP contribution in [-0.4, -0.2) is 43.2 Å². The number of methoxy groups -OCH3 is 1. The summed E-state index contributed by atoms with van der Waals surface area (Å²) in [5.74, 6) is 0.479. The van der Waals surface area contributed by atoms with Gasteiger partial charge in [0.25, 0.3) is 5.72 Å². The van der Waals surface area contributed by atoms with Crippen LogP contribution in [0.5, 0.6) is 0 Å². The van der Waals surface area contributed by atoms with E-state index in [1.165, 1.54) is 12.1 Å². The molecule has 0 spiro atoms. The minimum Gasteiger partial charge on any atom is -0.467 e. The summed E-state index contributed by atoms with van der Waals surface area (Å²) in [6.45, 7) is 0. The van der Waals surface area contributed by atoms with Gasteiger partial charge in [-0.25, -0.2) is 5.01 Å². The zero-order chi connectivity index (χ0) is 12.9. The Hall–Kier alpha value is -2.08. The second-order valence-corrected chi connectivity index (χ2v) is 4.29. The van der Waals surface area contributed by atoms with Gasteiger partial charge in [0.2, 0.25) is 0 Å². The lowest BCUT2D eigenvalue weighted by atomic mass is 10.0. The number of hydrogen-bond acceptors (Lipinski definition) is 6. The molecule has 1 unspecified atom stereocenters. The molecule has 6 nitrogen and oxygen atoms in total. The van der Waals surface area contributed by atoms with E-state index in [4.69, 9.17) is 4.74 Å². The second-order valence-electron chi connectivity index (χ2n) is 4.29. The highest BCUT2D eigenvalue weighted by molar-refractivity contribution is 6.11. The summed E-state index contributed by atoms with van der Waals surface area (Å²) in [7, 11) is 5.09. The number of rotatable bonds is 0. The van der Waals surface area contributed by atoms with Crippen molar-refractivity contribution in [3.05, 3.63) is 29.8 Å². The average Bonchev–Trinajstić information content (AvgIpc) is 2.60. The maximum Gasteiger partial charge on any atom is 0.311 e. The molecule has 3 rings (SSSR count). The van der Waals surface area contributed by atoms with Crippen molar-refractivity contribution < 1.29 is 9.84 Å². The van der Waals surface area contributed by atoms with Gasteiger partial charge in [-0.15, -0.1) is 5.10 Å². The Bertz CT molecular complexity index is 569. The molecule has 2 aliphatic heterocycles. The van der Waals surface area contributed by atoms with Crippen LogP contribution < -0.4 is 4.90 Å². The van der Waals surface area contributed by atoms with Gasteiger partial charge in [0.05, 0.1) is 12.8 Å². The fourth-order valence-electron chi connectivity index (χ4n) is 2.35. The maximum atomic E-state index is 10.8. The maximum absolute atomic E-state index is 10.8. The van der Waals surface area contributed by atoms with E-state index in [-0.39, 0.29) is 6.02 Å². The number of ether oxygens (including phenoxy) is 1. The Morgan fingerprint density at radius 3 is 2.72 bits per heavy atom. The highest BCUT2D eigenvalue weighted by Gasteiger charge is 2.49. The first-order valence-corrected chi connectivity index (χ1v) is 5.60. The van der Waals surface area contributed by atoms with Crippen LogP contribution in [0.4, 0.5) is 5.69 Å². The van der Waals surface area contributed by atoms with Crippen molar-refractivity contribution in [2.45, 2.75) is 5.72 Å². The van der Waals surface area contributed by atoms with Crippen LogP contribution in [0.15, 0.2) is 34.4 Å². The van der Waals surface area contributed by atoms with Crippen LogP contribution in [0, 0.1) is 0 Å². The monoisotopic (exact) mass is 246 g/mol. The normalized spacial score (nSPS) is 25.3. The summed E-state index contributed by atoms with van der Waals surface area (Å²) >= 11 is 0. The minimum absolute atomic E-state index is 0.284. The Balaban J connectivity index is 2.23. The Kier molecular flexibility index (Phi) is 2.12. The fraction of sp³-hybridized carbons (Fsp3) is 0.333. The molecule has 1 aromatic rings. The van der Waals surface area contributed by atoms with Gasteiger partial charge < -0.3 is 14.7 Å². The predicted molar refractivity (Wildman–Crippen MR) is 68.4 cm³/mol. The van der Waals surface area contributed by atoms with E-state index in [0.717, 1.165) is 5.69 Å². The Morgan fingerprint density at radius 1 is 1.28 bits per heavy atom. The third-order valence-corrected chi connectivity index (χ3v) is 3.23. The highest BCUT2D eigenvalue weighted by atomic mass is 16.5. The van der Waals surface area contributed by atoms with Gasteiger partial charge in [-0.2, -0.15) is 4.99 Å². The number of hydrogen-bond donors (Lipinski definition) is 1. The third kappa shape index (κ3) is 1.20. The van der Waals surface area contributed by atoms with Crippen molar-refractivity contribution in [3.63, 3.8) is 0 Å². The molecule has 1 atom stereocenters. The number of benzene rings is 1. The summed E-state index contributed by atoms with van der Waals surface area (Å²) in [5, 5.41) is 16.6. The number of para-hydroxylation sites is 1. The van der Waals surface area contributed by atoms with E-state index in [0.29, 0.717) is 11.4 Å². The van der Waals surface area contributed by atoms with E-state index < -0.39 is 5.72 Å². The number of anilines is 1. The summed E-state index contributed by atoms with van der Waals surface area (Å²) in [5.41, 5.74) is 0.158. The molecule has 0 radical (unpaired) electrons. The van der Waals surface area contributed by atoms with Crippen LogP contribution in [0.3, 0.4) is 0 Å². The number of likely N-dealkylation sites (N-methyl/N-ethyl adjacent to an activating group) is 1. The number of nitrogens with zero attached hydrogens (tertiary/aromatic N) is 4. The highest BCUT2D eigenvalue weighted by Crippen LogP contribution is 2.42. The number of fused-ring (bicyclic) bond motifs is 3. The van der Waals surface area contributed by atoms with Crippen molar-refractivity contribution in [1.82, 2.24) is 5.01 Å². The first kappa shape index (κ1) is 11.0. The molecule has 94 valence electrons. The fourth-order valence-corrected chi connectivity index (χ4v) is 2.35. The molecule has 0 saturated carbocycles. The number of amidine groups is 2. The number of hydrazone groups is 1. The van der Waals surface area contributed by atoms with E-state index in [1.807, 2.05) is 36.2 Å². The van der Waals surface area contributed by atoms with Crippen molar-refractivity contribution >= 4 is 17.5 Å². The quantitative estimate of drug-likeness (QED) is 0.726. The van der Waals surface area contributed by atoms with E-state index in [2.05, 4.69) is 10.1 Å². The molecular formula is C12H14N4O2. The average molecular weight is 246 g/mol. The SMILES string of the molecule is COC1=NC2(O)C(=NN1C)N(C)c1ccccc12. The van der Waals surface area contributed by atoms with Crippen molar-refractivity contribution in [1.29, 1.82) is 0 Å². The first-order valence-electron chi connectivity index (χ1n) is 5.60. The van der Waals surface area contributed by atoms with Crippen molar-refractivity contribution in [2.75, 3.05) is 26.1 Å². The third-order valence-electron chi connectivity index (χ3n) is 3.23. The summed E-state index contributed by atoms with van der Waals surface area (Å²) in [6.07, 6.45) is 0. The van der Waals surface area contributed by atoms with Gasteiger partial charge in [0.1, 0.15) is 0 Å². The molecule has 2 aliphatic rings. The number of aliphatic hydroxyl groups is 1. The number of aliphatic imine (C=N–C) groups is 1. The van der Waals surface area contributed by atoms with Gasteiger partial charge >= 0.3 is 6.02 Å². The van der Waals surface area contributed by atoms with Gasteiger partial charge in [-0.3, -0.25) is 0 Å². The molecule has 0 amide bonds. The molecule has 0 aliphatic carbocycles. The molecule has 6 heteroatoms. The predicted octanol–water partition coefficient (Wildman–Crippen LogP) is 0.543. The zero-order valence-electron chi connectivity index (χ0n) is 10.5. The molecule has 18 heavy (non-hydrogen) atoms. The first-order chi connectivity index (χ1) is 8.58. The molecule has 1 aromatic carbocycles. The molecule has 2 heterocycles. The van der Waals surface area contributed by atoms with E-state index >= 15 is 0 Å². The second kappa shape index (κ2) is 3.46. The van der Waals surface area contributed by atoms with Crippen LogP contribution in [0.1, 0.15) is 5.56 Å². The van der Waals surface area contributed by atoms with Gasteiger partial charge in [-0.1, -0.05) is 18.2 Å². The molecule has 0 saturated heterocycles. The Morgan fingerprint density at radius 2 is 2.00 bits per heavy atom. The lowest BCUT2D eigenvalue weighted by Crippen LogP contribution is -2.45. The minimum atomic E-state index is -1.46. The van der Waals surface area contributed by atoms with Crippen molar-refractivity contribution in [3.8, 4) is 0 Å². The lowest BCUT2D eigenvalue weighted by molar-refractivity contribution is 0.109. The summed E-state index contributed by atoms with van der Waals surface area (Å²) in [4.78, 5) is 6.11. The lowest BCUT2D eigenvalue weighted by Gasteiger charge is -2.29. The van der Waals surface area contributed by atoms with Crippen LogP contribution in [-0.2, 0) is 10.5 Å². The zero-order valence-corrected chi connectivity index (χ0v) is 10.5. The van der Waals surface area contributed by atoms with Crippen LogP contribution in [0.2, 0.25) is 0 Å². The molecule has 0 bridgehead atoms. The summed E-state index contributed by atoms with van der Waals surface area (Å²) in [6, 6.07) is 7.84. The smallest absolute Gasteiger partial charge is 0.311 e. The van der Waals surface area contributed by atoms with Gasteiger partial charge in [0, 0.05) is 19.7 Å². The van der Waals surface area contributed by atoms with Crippen LogP contribution >= 0.6 is 0 Å². The molecular weight excluding hydrogens is 232 g/mol. The van der Waals surface area contributed by atoms with E-state index in [1.54, 1.807) is 7.05 Å². The topological polar surface area (TPSA) is 60.7 Å². The standard InChI is InChI=1S/C12H14N4O2/c1-15-9-7-5-4-6-8(9)12(17)10(15)14-16(2)11(13-12)18-3/h4-7,17H,1-3H3. The molecule has 1 N–H and O–H groups in total. The van der Waals surface area contributed by atoms with Crippen molar-refractivity contribution in [2.24, 2.45) is 10.1 Å². The van der Waals surface area contributed by atoms with Gasteiger partial charge in [-0.05, 0) is 6.07 Å². The molecule has 0 fully saturated rings. The molecule has 0 aromatic heterocycles. The largest absolute Gasteiger partial charge is 0.467 e. The Labute approximate surface area is 105 Å². The van der Waals surface area contributed by atoms with Crippen LogP contribution in [0.25, 0.3) is 0 Å². The summed E-state index contributed by atoms with van der Waals surface area (Å²) < 4.78 is 5.12. The van der Waals surface area contributed by atoms with Gasteiger partial charge in [0.15, 0.2) is 5.84 Å². The van der Waals surface area contributed by atoms with E-state index in [9.17, 15) is 5.11 Å².